The van der Waals surface area contributed by atoms with E-state index in [2.05, 4.69) is 17.2 Å². The van der Waals surface area contributed by atoms with E-state index in [9.17, 15) is 4.79 Å². The molecule has 1 aromatic rings. The Balaban J connectivity index is 1.93. The van der Waals surface area contributed by atoms with Crippen LogP contribution < -0.4 is 5.32 Å². The van der Waals surface area contributed by atoms with Gasteiger partial charge in [-0.15, -0.1) is 0 Å². The van der Waals surface area contributed by atoms with E-state index >= 15 is 0 Å². The minimum Gasteiger partial charge on any atom is -0.445 e. The van der Waals surface area contributed by atoms with Crippen molar-refractivity contribution in [1.29, 1.82) is 0 Å². The van der Waals surface area contributed by atoms with Gasteiger partial charge in [0.05, 0.1) is 0 Å². The van der Waals surface area contributed by atoms with Crippen LogP contribution in [0.5, 0.6) is 0 Å². The number of benzene rings is 1. The summed E-state index contributed by atoms with van der Waals surface area (Å²) < 4.78 is 3.33. The number of carbonyl (C=O) groups is 1. The largest absolute Gasteiger partial charge is 0.445 e. The van der Waals surface area contributed by atoms with Gasteiger partial charge in [0.1, 0.15) is 6.61 Å². The lowest BCUT2D eigenvalue weighted by molar-refractivity contribution is 0.138. The molecule has 0 radical (unpaired) electrons. The average Bonchev–Trinajstić information content (AvgIpc) is 2.52. The molecule has 0 bridgehead atoms. The molecule has 1 saturated carbocycles. The molecular weight excluding hydrogens is 357 g/mol. The number of halogens is 3. The van der Waals surface area contributed by atoms with Gasteiger partial charge < -0.3 is 10.1 Å². The Morgan fingerprint density at radius 1 is 1.22 bits per heavy atom. The first-order valence-corrected chi connectivity index (χ1v) is 8.64. The third-order valence-electron chi connectivity index (χ3n) is 3.61. The summed E-state index contributed by atoms with van der Waals surface area (Å²) in [7, 11) is 0. The maximum absolute atomic E-state index is 11.8. The van der Waals surface area contributed by atoms with Gasteiger partial charge in [-0.05, 0) is 25.0 Å². The van der Waals surface area contributed by atoms with Crippen molar-refractivity contribution in [2.75, 3.05) is 6.61 Å². The number of carbonyl (C=O) groups excluding carboxylic acids is 1. The summed E-state index contributed by atoms with van der Waals surface area (Å²) in [5.41, 5.74) is 0.968. The normalized spacial score (nSPS) is 21.0. The van der Waals surface area contributed by atoms with Crippen molar-refractivity contribution in [3.63, 3.8) is 0 Å². The van der Waals surface area contributed by atoms with Gasteiger partial charge >= 0.3 is 6.09 Å². The van der Waals surface area contributed by atoms with E-state index in [4.69, 9.17) is 39.5 Å². The SMILES string of the molecule is O=C(NC1CCCCC1C#Cc1ccccc1)OCC(Cl)(Cl)Cl. The summed E-state index contributed by atoms with van der Waals surface area (Å²) in [5, 5.41) is 2.84. The zero-order valence-corrected chi connectivity index (χ0v) is 14.8. The van der Waals surface area contributed by atoms with Crippen LogP contribution in [0.2, 0.25) is 0 Å². The minimum absolute atomic E-state index is 0.0390. The highest BCUT2D eigenvalue weighted by molar-refractivity contribution is 6.67. The lowest BCUT2D eigenvalue weighted by Gasteiger charge is -2.28. The van der Waals surface area contributed by atoms with Crippen molar-refractivity contribution < 1.29 is 9.53 Å². The number of ether oxygens (including phenoxy) is 1. The first-order valence-electron chi connectivity index (χ1n) is 7.51. The Hall–Kier alpha value is -1.08. The van der Waals surface area contributed by atoms with Crippen LogP contribution in [-0.2, 0) is 4.74 Å². The molecule has 1 aromatic carbocycles. The molecule has 0 aromatic heterocycles. The predicted octanol–water partition coefficient (Wildman–Crippen LogP) is 4.69. The second-order valence-electron chi connectivity index (χ2n) is 5.47. The highest BCUT2D eigenvalue weighted by Crippen LogP contribution is 2.27. The molecule has 3 nitrogen and oxygen atoms in total. The maximum Gasteiger partial charge on any atom is 0.407 e. The van der Waals surface area contributed by atoms with Crippen LogP contribution in [0.4, 0.5) is 4.79 Å². The minimum atomic E-state index is -1.60. The lowest BCUT2D eigenvalue weighted by Crippen LogP contribution is -2.42. The second kappa shape index (κ2) is 8.68. The number of alkyl halides is 3. The lowest BCUT2D eigenvalue weighted by atomic mass is 9.85. The number of hydrogen-bond donors (Lipinski definition) is 1. The van der Waals surface area contributed by atoms with Gasteiger partial charge in [0.2, 0.25) is 3.79 Å². The predicted molar refractivity (Wildman–Crippen MR) is 93.8 cm³/mol. The fourth-order valence-electron chi connectivity index (χ4n) is 2.51. The van der Waals surface area contributed by atoms with E-state index in [0.717, 1.165) is 31.2 Å². The molecule has 0 spiro atoms. The molecule has 2 rings (SSSR count). The molecule has 23 heavy (non-hydrogen) atoms. The highest BCUT2D eigenvalue weighted by Gasteiger charge is 2.27. The number of nitrogens with one attached hydrogen (secondary N) is 1. The van der Waals surface area contributed by atoms with E-state index in [1.165, 1.54) is 0 Å². The quantitative estimate of drug-likeness (QED) is 0.602. The zero-order valence-electron chi connectivity index (χ0n) is 12.5. The summed E-state index contributed by atoms with van der Waals surface area (Å²) in [6.07, 6.45) is 3.41. The highest BCUT2D eigenvalue weighted by atomic mass is 35.6. The Labute approximate surface area is 151 Å². The number of rotatable bonds is 2. The first-order chi connectivity index (χ1) is 10.9. The van der Waals surface area contributed by atoms with Gasteiger partial charge in [-0.25, -0.2) is 4.79 Å². The van der Waals surface area contributed by atoms with Gasteiger partial charge in [-0.1, -0.05) is 77.7 Å². The second-order valence-corrected chi connectivity index (χ2v) is 7.98. The average molecular weight is 375 g/mol. The van der Waals surface area contributed by atoms with Crippen LogP contribution in [0.15, 0.2) is 30.3 Å². The van der Waals surface area contributed by atoms with E-state index in [1.54, 1.807) is 0 Å². The third kappa shape index (κ3) is 6.91. The van der Waals surface area contributed by atoms with Crippen LogP contribution in [0.1, 0.15) is 31.2 Å². The van der Waals surface area contributed by atoms with Gasteiger partial charge in [-0.3, -0.25) is 0 Å². The molecular formula is C17H18Cl3NO2. The molecule has 1 aliphatic carbocycles. The summed E-state index contributed by atoms with van der Waals surface area (Å²) in [6.45, 7) is -0.281. The van der Waals surface area contributed by atoms with Crippen LogP contribution >= 0.6 is 34.8 Å². The monoisotopic (exact) mass is 373 g/mol. The topological polar surface area (TPSA) is 38.3 Å². The van der Waals surface area contributed by atoms with Gasteiger partial charge in [0.15, 0.2) is 0 Å². The first kappa shape index (κ1) is 18.3. The molecule has 1 fully saturated rings. The fraction of sp³-hybridized carbons (Fsp3) is 0.471. The zero-order chi connectivity index (χ0) is 16.7. The molecule has 2 atom stereocenters. The summed E-state index contributed by atoms with van der Waals surface area (Å²) in [4.78, 5) is 11.8. The molecule has 0 aliphatic heterocycles. The van der Waals surface area contributed by atoms with Crippen molar-refractivity contribution in [3.8, 4) is 11.8 Å². The molecule has 2 unspecified atom stereocenters. The standard InChI is InChI=1S/C17H18Cl3NO2/c18-17(19,20)12-23-16(22)21-15-9-5-4-8-14(15)11-10-13-6-2-1-3-7-13/h1-3,6-7,14-15H,4-5,8-9,12H2,(H,21,22). The van der Waals surface area contributed by atoms with Crippen molar-refractivity contribution in [3.05, 3.63) is 35.9 Å². The Kier molecular flexibility index (Phi) is 6.89. The van der Waals surface area contributed by atoms with Crippen molar-refractivity contribution in [2.24, 2.45) is 5.92 Å². The number of amides is 1. The van der Waals surface area contributed by atoms with Crippen molar-refractivity contribution in [2.45, 2.75) is 35.5 Å². The van der Waals surface area contributed by atoms with Gasteiger partial charge in [0, 0.05) is 17.5 Å². The number of hydrogen-bond acceptors (Lipinski definition) is 2. The summed E-state index contributed by atoms with van der Waals surface area (Å²) >= 11 is 16.7. The Morgan fingerprint density at radius 2 is 1.91 bits per heavy atom. The Bertz CT molecular complexity index is 575. The summed E-state index contributed by atoms with van der Waals surface area (Å²) in [5.74, 6) is 6.54. The van der Waals surface area contributed by atoms with E-state index in [0.29, 0.717) is 0 Å². The van der Waals surface area contributed by atoms with Crippen molar-refractivity contribution >= 4 is 40.9 Å². The van der Waals surface area contributed by atoms with E-state index in [1.807, 2.05) is 30.3 Å². The maximum atomic E-state index is 11.8. The van der Waals surface area contributed by atoms with E-state index < -0.39 is 9.89 Å². The molecule has 0 saturated heterocycles. The van der Waals surface area contributed by atoms with Gasteiger partial charge in [-0.2, -0.15) is 0 Å². The molecule has 1 amide bonds. The molecule has 6 heteroatoms. The molecule has 1 N–H and O–H groups in total. The smallest absolute Gasteiger partial charge is 0.407 e. The van der Waals surface area contributed by atoms with Crippen molar-refractivity contribution in [1.82, 2.24) is 5.32 Å². The van der Waals surface area contributed by atoms with Crippen LogP contribution in [-0.4, -0.2) is 22.5 Å². The third-order valence-corrected chi connectivity index (χ3v) is 3.94. The van der Waals surface area contributed by atoms with E-state index in [-0.39, 0.29) is 18.6 Å². The molecule has 124 valence electrons. The van der Waals surface area contributed by atoms with Crippen LogP contribution in [0.3, 0.4) is 0 Å². The fourth-order valence-corrected chi connectivity index (χ4v) is 2.68. The summed E-state index contributed by atoms with van der Waals surface area (Å²) in [6, 6.07) is 9.75. The number of alkyl carbamates (subject to hydrolysis) is 1. The Morgan fingerprint density at radius 3 is 2.61 bits per heavy atom. The van der Waals surface area contributed by atoms with Crippen LogP contribution in [0, 0.1) is 17.8 Å². The molecule has 1 aliphatic rings. The van der Waals surface area contributed by atoms with Crippen LogP contribution in [0.25, 0.3) is 0 Å². The van der Waals surface area contributed by atoms with Gasteiger partial charge in [0.25, 0.3) is 0 Å². The molecule has 0 heterocycles.